The summed E-state index contributed by atoms with van der Waals surface area (Å²) in [6.07, 6.45) is 1.03. The molecule has 0 aliphatic heterocycles. The van der Waals surface area contributed by atoms with Gasteiger partial charge in [0.25, 0.3) is 0 Å². The first kappa shape index (κ1) is 16.0. The van der Waals surface area contributed by atoms with Crippen molar-refractivity contribution >= 4 is 15.9 Å². The van der Waals surface area contributed by atoms with Crippen LogP contribution in [0.25, 0.3) is 0 Å². The van der Waals surface area contributed by atoms with Crippen LogP contribution in [0.2, 0.25) is 0 Å². The summed E-state index contributed by atoms with van der Waals surface area (Å²) in [5, 5.41) is 3.51. The molecule has 0 radical (unpaired) electrons. The van der Waals surface area contributed by atoms with Gasteiger partial charge in [-0.2, -0.15) is 0 Å². The molecule has 0 aromatic heterocycles. The second-order valence-electron chi connectivity index (χ2n) is 4.83. The van der Waals surface area contributed by atoms with Crippen molar-refractivity contribution in [3.05, 3.63) is 63.9 Å². The molecule has 2 aromatic carbocycles. The zero-order chi connectivity index (χ0) is 15.2. The van der Waals surface area contributed by atoms with Crippen LogP contribution in [0.5, 0.6) is 5.75 Å². The summed E-state index contributed by atoms with van der Waals surface area (Å²) < 4.78 is 19.3. The number of hydrogen-bond acceptors (Lipinski definition) is 2. The lowest BCUT2D eigenvalue weighted by Gasteiger charge is -2.21. The Bertz CT molecular complexity index is 586. The van der Waals surface area contributed by atoms with Crippen molar-refractivity contribution in [2.24, 2.45) is 0 Å². The third kappa shape index (κ3) is 4.05. The van der Waals surface area contributed by atoms with E-state index in [1.807, 2.05) is 30.3 Å². The number of rotatable bonds is 6. The molecule has 2 aromatic rings. The van der Waals surface area contributed by atoms with Gasteiger partial charge in [-0.1, -0.05) is 41.1 Å². The van der Waals surface area contributed by atoms with Crippen molar-refractivity contribution in [1.82, 2.24) is 5.32 Å². The molecule has 1 atom stereocenters. The van der Waals surface area contributed by atoms with E-state index in [2.05, 4.69) is 28.2 Å². The number of ether oxygens (including phenoxy) is 1. The molecule has 2 rings (SSSR count). The van der Waals surface area contributed by atoms with Crippen LogP contribution >= 0.6 is 15.9 Å². The Balaban J connectivity index is 2.36. The molecule has 0 amide bonds. The van der Waals surface area contributed by atoms with Crippen LogP contribution in [0, 0.1) is 5.82 Å². The van der Waals surface area contributed by atoms with Crippen molar-refractivity contribution in [2.75, 3.05) is 13.7 Å². The van der Waals surface area contributed by atoms with Crippen LogP contribution in [-0.4, -0.2) is 13.7 Å². The molecule has 0 aliphatic carbocycles. The van der Waals surface area contributed by atoms with E-state index in [0.29, 0.717) is 0 Å². The zero-order valence-electron chi connectivity index (χ0n) is 12.2. The molecule has 0 saturated heterocycles. The number of nitrogens with one attached hydrogen (secondary N) is 1. The molecule has 0 spiro atoms. The fourth-order valence-electron chi connectivity index (χ4n) is 2.23. The van der Waals surface area contributed by atoms with Gasteiger partial charge in [0, 0.05) is 4.47 Å². The van der Waals surface area contributed by atoms with Gasteiger partial charge >= 0.3 is 0 Å². The van der Waals surface area contributed by atoms with E-state index < -0.39 is 0 Å². The van der Waals surface area contributed by atoms with Crippen molar-refractivity contribution in [2.45, 2.75) is 19.4 Å². The Kier molecular flexibility index (Phi) is 5.76. The van der Waals surface area contributed by atoms with Gasteiger partial charge in [-0.25, -0.2) is 4.39 Å². The lowest BCUT2D eigenvalue weighted by molar-refractivity contribution is 0.414. The highest BCUT2D eigenvalue weighted by Gasteiger charge is 2.16. The van der Waals surface area contributed by atoms with Crippen LogP contribution in [0.1, 0.15) is 30.5 Å². The first-order chi connectivity index (χ1) is 10.2. The van der Waals surface area contributed by atoms with Crippen LogP contribution in [-0.2, 0) is 0 Å². The molecular weight excluding hydrogens is 333 g/mol. The quantitative estimate of drug-likeness (QED) is 0.815. The smallest absolute Gasteiger partial charge is 0.124 e. The van der Waals surface area contributed by atoms with Crippen molar-refractivity contribution in [3.8, 4) is 5.75 Å². The molecule has 1 N–H and O–H groups in total. The van der Waals surface area contributed by atoms with Crippen molar-refractivity contribution in [3.63, 3.8) is 0 Å². The third-order valence-electron chi connectivity index (χ3n) is 3.32. The number of hydrogen-bond donors (Lipinski definition) is 1. The lowest BCUT2D eigenvalue weighted by Crippen LogP contribution is -2.23. The molecule has 0 heterocycles. The van der Waals surface area contributed by atoms with Gasteiger partial charge in [0.05, 0.1) is 13.2 Å². The van der Waals surface area contributed by atoms with E-state index in [9.17, 15) is 4.39 Å². The standard InChI is InChI=1S/C17H19BrFNO/c1-3-10-20-17(12-4-7-14(21-2)8-5-12)15-9-6-13(19)11-16(15)18/h4-9,11,17,20H,3,10H2,1-2H3. The minimum atomic E-state index is -0.241. The minimum absolute atomic E-state index is 0.0193. The Morgan fingerprint density at radius 2 is 1.90 bits per heavy atom. The summed E-state index contributed by atoms with van der Waals surface area (Å²) in [4.78, 5) is 0. The number of benzene rings is 2. The van der Waals surface area contributed by atoms with E-state index in [4.69, 9.17) is 4.74 Å². The maximum Gasteiger partial charge on any atom is 0.124 e. The predicted octanol–water partition coefficient (Wildman–Crippen LogP) is 4.69. The minimum Gasteiger partial charge on any atom is -0.497 e. The molecular formula is C17H19BrFNO. The highest BCUT2D eigenvalue weighted by atomic mass is 79.9. The highest BCUT2D eigenvalue weighted by molar-refractivity contribution is 9.10. The summed E-state index contributed by atoms with van der Waals surface area (Å²) in [7, 11) is 1.65. The van der Waals surface area contributed by atoms with Crippen LogP contribution in [0.3, 0.4) is 0 Å². The molecule has 112 valence electrons. The molecule has 0 saturated carbocycles. The van der Waals surface area contributed by atoms with Crippen molar-refractivity contribution < 1.29 is 9.13 Å². The molecule has 21 heavy (non-hydrogen) atoms. The van der Waals surface area contributed by atoms with Crippen LogP contribution in [0.4, 0.5) is 4.39 Å². The molecule has 0 fully saturated rings. The Morgan fingerprint density at radius 1 is 1.19 bits per heavy atom. The van der Waals surface area contributed by atoms with Crippen LogP contribution in [0.15, 0.2) is 46.9 Å². The summed E-state index contributed by atoms with van der Waals surface area (Å²) in [6, 6.07) is 12.8. The van der Waals surface area contributed by atoms with Gasteiger partial charge < -0.3 is 10.1 Å². The van der Waals surface area contributed by atoms with E-state index in [1.165, 1.54) is 12.1 Å². The van der Waals surface area contributed by atoms with Gasteiger partial charge in [0.1, 0.15) is 11.6 Å². The summed E-state index contributed by atoms with van der Waals surface area (Å²) in [5.74, 6) is 0.584. The number of methoxy groups -OCH3 is 1. The fourth-order valence-corrected chi connectivity index (χ4v) is 2.81. The van der Waals surface area contributed by atoms with E-state index in [0.717, 1.165) is 34.3 Å². The van der Waals surface area contributed by atoms with E-state index >= 15 is 0 Å². The molecule has 0 bridgehead atoms. The van der Waals surface area contributed by atoms with Gasteiger partial charge in [-0.15, -0.1) is 0 Å². The predicted molar refractivity (Wildman–Crippen MR) is 87.2 cm³/mol. The topological polar surface area (TPSA) is 21.3 Å². The first-order valence-electron chi connectivity index (χ1n) is 6.98. The first-order valence-corrected chi connectivity index (χ1v) is 7.77. The summed E-state index contributed by atoms with van der Waals surface area (Å²) in [6.45, 7) is 3.01. The number of halogens is 2. The SMILES string of the molecule is CCCNC(c1ccc(OC)cc1)c1ccc(F)cc1Br. The molecule has 1 unspecified atom stereocenters. The highest BCUT2D eigenvalue weighted by Crippen LogP contribution is 2.30. The largest absolute Gasteiger partial charge is 0.497 e. The van der Waals surface area contributed by atoms with Gasteiger partial charge in [-0.3, -0.25) is 0 Å². The Hall–Kier alpha value is -1.39. The monoisotopic (exact) mass is 351 g/mol. The third-order valence-corrected chi connectivity index (χ3v) is 4.01. The van der Waals surface area contributed by atoms with E-state index in [-0.39, 0.29) is 11.9 Å². The molecule has 4 heteroatoms. The Labute approximate surface area is 133 Å². The van der Waals surface area contributed by atoms with Crippen molar-refractivity contribution in [1.29, 1.82) is 0 Å². The lowest BCUT2D eigenvalue weighted by atomic mass is 9.98. The Morgan fingerprint density at radius 3 is 2.48 bits per heavy atom. The van der Waals surface area contributed by atoms with Gasteiger partial charge in [0.2, 0.25) is 0 Å². The molecule has 2 nitrogen and oxygen atoms in total. The fraction of sp³-hybridized carbons (Fsp3) is 0.294. The second-order valence-corrected chi connectivity index (χ2v) is 5.68. The van der Waals surface area contributed by atoms with Gasteiger partial charge in [0.15, 0.2) is 0 Å². The second kappa shape index (κ2) is 7.57. The maximum atomic E-state index is 13.3. The summed E-state index contributed by atoms with van der Waals surface area (Å²) >= 11 is 3.46. The molecule has 0 aliphatic rings. The normalized spacial score (nSPS) is 12.2. The summed E-state index contributed by atoms with van der Waals surface area (Å²) in [5.41, 5.74) is 2.14. The maximum absolute atomic E-state index is 13.3. The van der Waals surface area contributed by atoms with Gasteiger partial charge in [-0.05, 0) is 48.4 Å². The average Bonchev–Trinajstić information content (AvgIpc) is 2.50. The average molecular weight is 352 g/mol. The van der Waals surface area contributed by atoms with E-state index in [1.54, 1.807) is 7.11 Å². The van der Waals surface area contributed by atoms with Crippen LogP contribution < -0.4 is 10.1 Å². The zero-order valence-corrected chi connectivity index (χ0v) is 13.8.